The molecular formula is C11H13F5O8S. The second-order valence-electron chi connectivity index (χ2n) is 4.17. The molecule has 1 N–H and O–H groups in total. The predicted octanol–water partition coefficient (Wildman–Crippen LogP) is 1.42. The Morgan fingerprint density at radius 2 is 1.72 bits per heavy atom. The average Bonchev–Trinajstić information content (AvgIpc) is 2.43. The number of carbonyl (C=O) groups is 2. The summed E-state index contributed by atoms with van der Waals surface area (Å²) in [5, 5.41) is -4.87. The van der Waals surface area contributed by atoms with Gasteiger partial charge in [-0.15, -0.1) is 0 Å². The fraction of sp³-hybridized carbons (Fsp3) is 0.636. The largest absolute Gasteiger partial charge is 0.468 e. The number of alkyl halides is 5. The van der Waals surface area contributed by atoms with Gasteiger partial charge in [-0.2, -0.15) is 30.4 Å². The summed E-state index contributed by atoms with van der Waals surface area (Å²) in [5.41, 5.74) is 0. The maximum Gasteiger partial charge on any atom is 0.468 e. The molecule has 0 bridgehead atoms. The van der Waals surface area contributed by atoms with Crippen molar-refractivity contribution in [2.45, 2.75) is 30.6 Å². The van der Waals surface area contributed by atoms with Crippen LogP contribution in [0.1, 0.15) is 13.3 Å². The first-order valence-corrected chi connectivity index (χ1v) is 7.66. The number of hydrogen-bond acceptors (Lipinski definition) is 7. The molecule has 0 saturated carbocycles. The van der Waals surface area contributed by atoms with Crippen molar-refractivity contribution in [1.82, 2.24) is 0 Å². The summed E-state index contributed by atoms with van der Waals surface area (Å²) in [7, 11) is -5.95. The molecule has 0 aliphatic heterocycles. The molecule has 0 heterocycles. The van der Waals surface area contributed by atoms with Crippen LogP contribution in [-0.4, -0.2) is 55.3 Å². The molecule has 14 heteroatoms. The van der Waals surface area contributed by atoms with Gasteiger partial charge in [-0.05, 0) is 6.92 Å². The third-order valence-corrected chi connectivity index (χ3v) is 3.36. The van der Waals surface area contributed by atoms with Gasteiger partial charge in [-0.25, -0.2) is 9.59 Å². The van der Waals surface area contributed by atoms with Crippen LogP contribution in [0.25, 0.3) is 0 Å². The Morgan fingerprint density at radius 1 is 1.20 bits per heavy atom. The standard InChI is InChI=1S/C11H13F5O8S/c1-3-7(17)24-10(11(14,15)16,8(18)22-4-2)23-6-5-9(12,13)25(19,20)21/h3H,1,4-6H2,2H3,(H,19,20,21). The molecule has 0 radical (unpaired) electrons. The normalized spacial score (nSPS) is 15.2. The van der Waals surface area contributed by atoms with E-state index in [9.17, 15) is 40.0 Å². The Morgan fingerprint density at radius 3 is 2.08 bits per heavy atom. The van der Waals surface area contributed by atoms with Gasteiger partial charge in [0.05, 0.1) is 19.6 Å². The van der Waals surface area contributed by atoms with Crippen molar-refractivity contribution in [1.29, 1.82) is 0 Å². The molecule has 146 valence electrons. The zero-order valence-corrected chi connectivity index (χ0v) is 13.3. The monoisotopic (exact) mass is 400 g/mol. The van der Waals surface area contributed by atoms with Crippen molar-refractivity contribution in [3.05, 3.63) is 12.7 Å². The maximum atomic E-state index is 13.2. The summed E-state index contributed by atoms with van der Waals surface area (Å²) < 4.78 is 107. The Kier molecular flexibility index (Phi) is 7.47. The number of esters is 2. The first-order valence-electron chi connectivity index (χ1n) is 6.22. The number of carbonyl (C=O) groups excluding carboxylic acids is 2. The highest BCUT2D eigenvalue weighted by atomic mass is 32.2. The zero-order chi connectivity index (χ0) is 20.1. The van der Waals surface area contributed by atoms with E-state index in [-0.39, 0.29) is 6.08 Å². The van der Waals surface area contributed by atoms with Crippen LogP contribution in [0.3, 0.4) is 0 Å². The molecule has 0 saturated heterocycles. The highest BCUT2D eigenvalue weighted by Crippen LogP contribution is 2.37. The van der Waals surface area contributed by atoms with Gasteiger partial charge in [0.15, 0.2) is 0 Å². The van der Waals surface area contributed by atoms with Gasteiger partial charge in [-0.3, -0.25) is 4.55 Å². The van der Waals surface area contributed by atoms with Gasteiger partial charge < -0.3 is 14.2 Å². The summed E-state index contributed by atoms with van der Waals surface area (Å²) >= 11 is 0. The van der Waals surface area contributed by atoms with Crippen LogP contribution in [0.15, 0.2) is 12.7 Å². The smallest absolute Gasteiger partial charge is 0.461 e. The lowest BCUT2D eigenvalue weighted by Gasteiger charge is -2.32. The van der Waals surface area contributed by atoms with Crippen LogP contribution in [0, 0.1) is 0 Å². The predicted molar refractivity (Wildman–Crippen MR) is 68.8 cm³/mol. The average molecular weight is 400 g/mol. The molecule has 1 atom stereocenters. The molecule has 0 spiro atoms. The van der Waals surface area contributed by atoms with E-state index >= 15 is 0 Å². The molecule has 0 aromatic heterocycles. The SMILES string of the molecule is C=CC(=O)OC(OCCC(F)(F)S(=O)(=O)O)(C(=O)OCC)C(F)(F)F. The summed E-state index contributed by atoms with van der Waals surface area (Å²) in [6.45, 7) is 1.53. The van der Waals surface area contributed by atoms with Gasteiger partial charge >= 0.3 is 39.3 Å². The van der Waals surface area contributed by atoms with E-state index in [0.717, 1.165) is 6.92 Å². The van der Waals surface area contributed by atoms with E-state index in [1.807, 2.05) is 0 Å². The molecule has 0 fully saturated rings. The minimum absolute atomic E-state index is 0.232. The van der Waals surface area contributed by atoms with Crippen molar-refractivity contribution in [3.8, 4) is 0 Å². The fourth-order valence-corrected chi connectivity index (χ4v) is 1.58. The molecule has 0 aliphatic carbocycles. The highest BCUT2D eigenvalue weighted by molar-refractivity contribution is 7.86. The second kappa shape index (κ2) is 8.05. The molecule has 0 aromatic rings. The van der Waals surface area contributed by atoms with E-state index in [0.29, 0.717) is 0 Å². The lowest BCUT2D eigenvalue weighted by molar-refractivity contribution is -0.355. The van der Waals surface area contributed by atoms with Gasteiger partial charge in [0.25, 0.3) is 0 Å². The summed E-state index contributed by atoms with van der Waals surface area (Å²) in [6.07, 6.45) is -7.52. The van der Waals surface area contributed by atoms with Crippen molar-refractivity contribution < 1.29 is 58.7 Å². The molecule has 8 nitrogen and oxygen atoms in total. The Hall–Kier alpha value is -1.80. The van der Waals surface area contributed by atoms with Crippen LogP contribution in [0.4, 0.5) is 22.0 Å². The molecular weight excluding hydrogens is 387 g/mol. The molecule has 0 aromatic carbocycles. The van der Waals surface area contributed by atoms with E-state index < -0.39 is 58.9 Å². The van der Waals surface area contributed by atoms with Crippen LogP contribution in [0.5, 0.6) is 0 Å². The van der Waals surface area contributed by atoms with Crippen molar-refractivity contribution in [2.24, 2.45) is 0 Å². The van der Waals surface area contributed by atoms with Gasteiger partial charge in [0.2, 0.25) is 0 Å². The quantitative estimate of drug-likeness (QED) is 0.203. The second-order valence-corrected chi connectivity index (χ2v) is 5.72. The van der Waals surface area contributed by atoms with Crippen LogP contribution < -0.4 is 0 Å². The van der Waals surface area contributed by atoms with Gasteiger partial charge in [0, 0.05) is 6.08 Å². The highest BCUT2D eigenvalue weighted by Gasteiger charge is 2.68. The number of ether oxygens (including phenoxy) is 3. The van der Waals surface area contributed by atoms with Crippen LogP contribution >= 0.6 is 0 Å². The first-order chi connectivity index (χ1) is 11.1. The molecule has 25 heavy (non-hydrogen) atoms. The Balaban J connectivity index is 5.68. The minimum Gasteiger partial charge on any atom is -0.461 e. The Labute approximate surface area is 138 Å². The molecule has 0 rings (SSSR count). The van der Waals surface area contributed by atoms with Crippen molar-refractivity contribution >= 4 is 22.1 Å². The molecule has 1 unspecified atom stereocenters. The lowest BCUT2D eigenvalue weighted by Crippen LogP contribution is -2.58. The van der Waals surface area contributed by atoms with E-state index in [1.165, 1.54) is 0 Å². The van der Waals surface area contributed by atoms with Crippen molar-refractivity contribution in [2.75, 3.05) is 13.2 Å². The minimum atomic E-state index is -5.95. The number of hydrogen-bond donors (Lipinski definition) is 1. The summed E-state index contributed by atoms with van der Waals surface area (Å²) in [6, 6.07) is 0. The number of halogens is 5. The third-order valence-electron chi connectivity index (χ3n) is 2.40. The van der Waals surface area contributed by atoms with Crippen LogP contribution in [-0.2, 0) is 33.9 Å². The number of rotatable bonds is 9. The lowest BCUT2D eigenvalue weighted by atomic mass is 10.2. The van der Waals surface area contributed by atoms with Crippen LogP contribution in [0.2, 0.25) is 0 Å². The molecule has 0 amide bonds. The van der Waals surface area contributed by atoms with Gasteiger partial charge in [-0.1, -0.05) is 6.58 Å². The molecule has 0 aliphatic rings. The van der Waals surface area contributed by atoms with Crippen molar-refractivity contribution in [3.63, 3.8) is 0 Å². The third kappa shape index (κ3) is 5.61. The van der Waals surface area contributed by atoms with E-state index in [4.69, 9.17) is 4.55 Å². The first kappa shape index (κ1) is 23.2. The van der Waals surface area contributed by atoms with Gasteiger partial charge in [0.1, 0.15) is 0 Å². The Bertz CT molecular complexity index is 614. The van der Waals surface area contributed by atoms with E-state index in [1.54, 1.807) is 0 Å². The maximum absolute atomic E-state index is 13.2. The topological polar surface area (TPSA) is 116 Å². The fourth-order valence-electron chi connectivity index (χ4n) is 1.24. The van der Waals surface area contributed by atoms with E-state index in [2.05, 4.69) is 20.8 Å². The summed E-state index contributed by atoms with van der Waals surface area (Å²) in [5.74, 6) is -8.51. The zero-order valence-electron chi connectivity index (χ0n) is 12.5. The summed E-state index contributed by atoms with van der Waals surface area (Å²) in [4.78, 5) is 22.7.